The average molecular weight is 303 g/mol. The number of halogens is 1. The number of nitrogens with zero attached hydrogens (tertiary/aromatic N) is 1. The Morgan fingerprint density at radius 3 is 2.76 bits per heavy atom. The van der Waals surface area contributed by atoms with Crippen LogP contribution in [0, 0.1) is 0 Å². The first kappa shape index (κ1) is 13.6. The van der Waals surface area contributed by atoms with Gasteiger partial charge in [0.05, 0.1) is 0 Å². The SMILES string of the molecule is O=C(N[C@@H](CCO)C(=O)O)c1ncccc1Br. The highest BCUT2D eigenvalue weighted by Crippen LogP contribution is 2.13. The maximum atomic E-state index is 11.7. The molecule has 0 aliphatic carbocycles. The highest BCUT2D eigenvalue weighted by atomic mass is 79.9. The van der Waals surface area contributed by atoms with Gasteiger partial charge < -0.3 is 15.5 Å². The van der Waals surface area contributed by atoms with Crippen LogP contribution in [0.3, 0.4) is 0 Å². The van der Waals surface area contributed by atoms with Crippen LogP contribution in [0.15, 0.2) is 22.8 Å². The zero-order valence-corrected chi connectivity index (χ0v) is 10.3. The molecule has 17 heavy (non-hydrogen) atoms. The average Bonchev–Trinajstić information content (AvgIpc) is 2.28. The van der Waals surface area contributed by atoms with Crippen LogP contribution in [0.25, 0.3) is 0 Å². The number of rotatable bonds is 5. The fourth-order valence-electron chi connectivity index (χ4n) is 1.17. The van der Waals surface area contributed by atoms with Crippen LogP contribution in [-0.4, -0.2) is 39.7 Å². The van der Waals surface area contributed by atoms with E-state index in [1.165, 1.54) is 6.20 Å². The second-order valence-electron chi connectivity index (χ2n) is 3.21. The quantitative estimate of drug-likeness (QED) is 0.731. The molecule has 1 amide bonds. The van der Waals surface area contributed by atoms with Gasteiger partial charge in [0.1, 0.15) is 11.7 Å². The van der Waals surface area contributed by atoms with Crippen LogP contribution in [0.4, 0.5) is 0 Å². The van der Waals surface area contributed by atoms with E-state index in [4.69, 9.17) is 10.2 Å². The predicted molar refractivity (Wildman–Crippen MR) is 62.5 cm³/mol. The number of nitrogens with one attached hydrogen (secondary N) is 1. The number of carboxylic acids is 1. The first-order valence-electron chi connectivity index (χ1n) is 4.81. The highest BCUT2D eigenvalue weighted by Gasteiger charge is 2.21. The van der Waals surface area contributed by atoms with E-state index in [0.29, 0.717) is 4.47 Å². The second-order valence-corrected chi connectivity index (χ2v) is 4.06. The van der Waals surface area contributed by atoms with E-state index in [-0.39, 0.29) is 18.7 Å². The summed E-state index contributed by atoms with van der Waals surface area (Å²) in [5.41, 5.74) is 0.108. The Balaban J connectivity index is 2.77. The second kappa shape index (κ2) is 6.31. The molecule has 0 aliphatic rings. The summed E-state index contributed by atoms with van der Waals surface area (Å²) in [6, 6.07) is 2.15. The van der Waals surface area contributed by atoms with Gasteiger partial charge in [0, 0.05) is 23.7 Å². The van der Waals surface area contributed by atoms with E-state index in [1.807, 2.05) is 0 Å². The number of aliphatic carboxylic acids is 1. The first-order chi connectivity index (χ1) is 8.06. The minimum atomic E-state index is -1.19. The van der Waals surface area contributed by atoms with Gasteiger partial charge in [-0.25, -0.2) is 9.78 Å². The van der Waals surface area contributed by atoms with Crippen molar-refractivity contribution in [3.05, 3.63) is 28.5 Å². The van der Waals surface area contributed by atoms with Crippen molar-refractivity contribution in [3.63, 3.8) is 0 Å². The Hall–Kier alpha value is -1.47. The van der Waals surface area contributed by atoms with Crippen molar-refractivity contribution in [1.82, 2.24) is 10.3 Å². The van der Waals surface area contributed by atoms with Gasteiger partial charge in [-0.05, 0) is 28.1 Å². The van der Waals surface area contributed by atoms with E-state index >= 15 is 0 Å². The summed E-state index contributed by atoms with van der Waals surface area (Å²) in [4.78, 5) is 26.3. The molecule has 1 aromatic heterocycles. The molecular formula is C10H11BrN2O4. The number of carbonyl (C=O) groups is 2. The van der Waals surface area contributed by atoms with Crippen molar-refractivity contribution in [1.29, 1.82) is 0 Å². The Labute approximate surface area is 106 Å². The number of pyridine rings is 1. The highest BCUT2D eigenvalue weighted by molar-refractivity contribution is 9.10. The topological polar surface area (TPSA) is 99.5 Å². The molecule has 0 saturated heterocycles. The van der Waals surface area contributed by atoms with Crippen LogP contribution in [-0.2, 0) is 4.79 Å². The summed E-state index contributed by atoms with van der Waals surface area (Å²) < 4.78 is 0.477. The van der Waals surface area contributed by atoms with Crippen molar-refractivity contribution in [2.75, 3.05) is 6.61 Å². The molecule has 0 spiro atoms. The number of amides is 1. The molecule has 0 saturated carbocycles. The van der Waals surface area contributed by atoms with Crippen molar-refractivity contribution in [3.8, 4) is 0 Å². The van der Waals surface area contributed by atoms with Crippen molar-refractivity contribution < 1.29 is 19.8 Å². The zero-order valence-electron chi connectivity index (χ0n) is 8.76. The molecule has 0 radical (unpaired) electrons. The van der Waals surface area contributed by atoms with Gasteiger partial charge in [0.15, 0.2) is 0 Å². The fourth-order valence-corrected chi connectivity index (χ4v) is 1.60. The molecule has 0 unspecified atom stereocenters. The lowest BCUT2D eigenvalue weighted by Gasteiger charge is -2.13. The lowest BCUT2D eigenvalue weighted by molar-refractivity contribution is -0.139. The van der Waals surface area contributed by atoms with Gasteiger partial charge in [-0.2, -0.15) is 0 Å². The van der Waals surface area contributed by atoms with Crippen LogP contribution < -0.4 is 5.32 Å². The zero-order chi connectivity index (χ0) is 12.8. The third kappa shape index (κ3) is 3.79. The summed E-state index contributed by atoms with van der Waals surface area (Å²) in [5.74, 6) is -1.79. The van der Waals surface area contributed by atoms with E-state index in [1.54, 1.807) is 12.1 Å². The van der Waals surface area contributed by atoms with Crippen LogP contribution in [0.5, 0.6) is 0 Å². The van der Waals surface area contributed by atoms with Crippen LogP contribution in [0.2, 0.25) is 0 Å². The van der Waals surface area contributed by atoms with Gasteiger partial charge in [-0.1, -0.05) is 0 Å². The lowest BCUT2D eigenvalue weighted by Crippen LogP contribution is -2.41. The third-order valence-electron chi connectivity index (χ3n) is 1.99. The molecule has 1 aromatic rings. The minimum Gasteiger partial charge on any atom is -0.480 e. The third-order valence-corrected chi connectivity index (χ3v) is 2.63. The molecule has 6 nitrogen and oxygen atoms in total. The smallest absolute Gasteiger partial charge is 0.326 e. The molecule has 1 atom stereocenters. The van der Waals surface area contributed by atoms with Crippen LogP contribution in [0.1, 0.15) is 16.9 Å². The van der Waals surface area contributed by atoms with Gasteiger partial charge >= 0.3 is 5.97 Å². The summed E-state index contributed by atoms with van der Waals surface area (Å²) in [7, 11) is 0. The molecule has 0 aliphatic heterocycles. The van der Waals surface area contributed by atoms with Crippen molar-refractivity contribution in [2.45, 2.75) is 12.5 Å². The molecule has 0 bridgehead atoms. The fraction of sp³-hybridized carbons (Fsp3) is 0.300. The molecule has 1 heterocycles. The van der Waals surface area contributed by atoms with Crippen molar-refractivity contribution in [2.24, 2.45) is 0 Å². The molecule has 0 fully saturated rings. The van der Waals surface area contributed by atoms with Gasteiger partial charge in [-0.3, -0.25) is 4.79 Å². The number of aliphatic hydroxyl groups is 1. The standard InChI is InChI=1S/C10H11BrN2O4/c11-6-2-1-4-12-8(6)9(15)13-7(3-5-14)10(16)17/h1-2,4,7,14H,3,5H2,(H,13,15)(H,16,17)/t7-/m0/s1. The largest absolute Gasteiger partial charge is 0.480 e. The van der Waals surface area contributed by atoms with Gasteiger partial charge in [-0.15, -0.1) is 0 Å². The molecular weight excluding hydrogens is 292 g/mol. The summed E-state index contributed by atoms with van der Waals surface area (Å²) in [6.45, 7) is -0.319. The monoisotopic (exact) mass is 302 g/mol. The number of aromatic nitrogens is 1. The number of aliphatic hydroxyl groups excluding tert-OH is 1. The maximum Gasteiger partial charge on any atom is 0.326 e. The first-order valence-corrected chi connectivity index (χ1v) is 5.60. The Morgan fingerprint density at radius 1 is 1.53 bits per heavy atom. The normalized spacial score (nSPS) is 11.9. The minimum absolute atomic E-state index is 0.0501. The Kier molecular flexibility index (Phi) is 5.05. The van der Waals surface area contributed by atoms with E-state index in [2.05, 4.69) is 26.2 Å². The summed E-state index contributed by atoms with van der Waals surface area (Å²) in [5, 5.41) is 19.8. The Morgan fingerprint density at radius 2 is 2.24 bits per heavy atom. The number of carbonyl (C=O) groups excluding carboxylic acids is 1. The van der Waals surface area contributed by atoms with Gasteiger partial charge in [0.25, 0.3) is 5.91 Å². The summed E-state index contributed by atoms with van der Waals surface area (Å²) >= 11 is 3.14. The van der Waals surface area contributed by atoms with Crippen LogP contribution >= 0.6 is 15.9 Å². The predicted octanol–water partition coefficient (Wildman–Crippen LogP) is 0.410. The number of hydrogen-bond acceptors (Lipinski definition) is 4. The lowest BCUT2D eigenvalue weighted by atomic mass is 10.2. The van der Waals surface area contributed by atoms with E-state index in [0.717, 1.165) is 0 Å². The van der Waals surface area contributed by atoms with E-state index in [9.17, 15) is 9.59 Å². The van der Waals surface area contributed by atoms with E-state index < -0.39 is 17.9 Å². The number of carboxylic acid groups (broad SMARTS) is 1. The Bertz CT molecular complexity index is 425. The molecule has 3 N–H and O–H groups in total. The molecule has 1 rings (SSSR count). The molecule has 7 heteroatoms. The van der Waals surface area contributed by atoms with Crippen molar-refractivity contribution >= 4 is 27.8 Å². The maximum absolute atomic E-state index is 11.7. The van der Waals surface area contributed by atoms with Gasteiger partial charge in [0.2, 0.25) is 0 Å². The molecule has 0 aromatic carbocycles. The number of hydrogen-bond donors (Lipinski definition) is 3. The summed E-state index contributed by atoms with van der Waals surface area (Å²) in [6.07, 6.45) is 1.38. The molecule has 92 valence electrons.